The van der Waals surface area contributed by atoms with Gasteiger partial charge in [-0.3, -0.25) is 0 Å². The van der Waals surface area contributed by atoms with Gasteiger partial charge in [0.15, 0.2) is 0 Å². The maximum Gasteiger partial charge on any atom is 0.329 e. The summed E-state index contributed by atoms with van der Waals surface area (Å²) in [6.45, 7) is 2.09. The van der Waals surface area contributed by atoms with Gasteiger partial charge in [0, 0.05) is 5.69 Å². The van der Waals surface area contributed by atoms with Crippen LogP contribution in [-0.2, 0) is 19.0 Å². The van der Waals surface area contributed by atoms with Crippen LogP contribution in [0.1, 0.15) is 0 Å². The molecule has 0 aliphatic heterocycles. The fraction of sp³-hybridized carbons (Fsp3) is 0.500. The topological polar surface area (TPSA) is 100 Å². The number of carboxylic acids is 1. The number of aliphatic carboxylic acids is 1. The zero-order valence-electron chi connectivity index (χ0n) is 11.8. The summed E-state index contributed by atoms with van der Waals surface area (Å²) in [4.78, 5) is 10.2. The highest BCUT2D eigenvalue weighted by Gasteiger charge is 1.96. The molecule has 7 heteroatoms. The molecule has 118 valence electrons. The van der Waals surface area contributed by atoms with Gasteiger partial charge in [-0.05, 0) is 24.3 Å². The average molecular weight is 299 g/mol. The molecule has 0 fully saturated rings. The second-order valence-corrected chi connectivity index (χ2v) is 4.09. The van der Waals surface area contributed by atoms with E-state index < -0.39 is 5.97 Å². The molecular formula is C14H21NO6. The summed E-state index contributed by atoms with van der Waals surface area (Å²) in [5.74, 6) is -0.237. The van der Waals surface area contributed by atoms with Crippen molar-refractivity contribution in [2.45, 2.75) is 0 Å². The van der Waals surface area contributed by atoms with E-state index in [1.54, 1.807) is 24.3 Å². The van der Waals surface area contributed by atoms with Crippen LogP contribution in [0.25, 0.3) is 0 Å². The Morgan fingerprint density at radius 1 is 0.905 bits per heavy atom. The van der Waals surface area contributed by atoms with E-state index in [9.17, 15) is 4.79 Å². The molecule has 7 nitrogen and oxygen atoms in total. The smallest absolute Gasteiger partial charge is 0.329 e. The largest absolute Gasteiger partial charge is 0.491 e. The summed E-state index contributed by atoms with van der Waals surface area (Å²) in [6, 6.07) is 7.15. The number of hydrogen-bond donors (Lipinski definition) is 2. The monoisotopic (exact) mass is 299 g/mol. The number of anilines is 1. The maximum absolute atomic E-state index is 10.2. The Balaban J connectivity index is 1.84. The van der Waals surface area contributed by atoms with Crippen molar-refractivity contribution >= 4 is 11.7 Å². The summed E-state index contributed by atoms with van der Waals surface area (Å²) in [7, 11) is 0. The van der Waals surface area contributed by atoms with Crippen molar-refractivity contribution in [1.29, 1.82) is 0 Å². The summed E-state index contributed by atoms with van der Waals surface area (Å²) in [5.41, 5.74) is 6.26. The van der Waals surface area contributed by atoms with Crippen LogP contribution in [0.4, 0.5) is 5.69 Å². The second kappa shape index (κ2) is 10.9. The molecule has 1 aromatic rings. The van der Waals surface area contributed by atoms with E-state index in [-0.39, 0.29) is 13.2 Å². The van der Waals surface area contributed by atoms with Gasteiger partial charge in [-0.15, -0.1) is 0 Å². The normalized spacial score (nSPS) is 10.5. The zero-order chi connectivity index (χ0) is 15.3. The van der Waals surface area contributed by atoms with Crippen LogP contribution < -0.4 is 10.5 Å². The van der Waals surface area contributed by atoms with Gasteiger partial charge in [0.1, 0.15) is 19.0 Å². The Labute approximate surface area is 123 Å². The van der Waals surface area contributed by atoms with Crippen molar-refractivity contribution in [2.24, 2.45) is 0 Å². The highest BCUT2D eigenvalue weighted by Crippen LogP contribution is 2.12. The van der Waals surface area contributed by atoms with Crippen molar-refractivity contribution in [2.75, 3.05) is 52.0 Å². The molecular weight excluding hydrogens is 278 g/mol. The number of carboxylic acid groups (broad SMARTS) is 1. The fourth-order valence-electron chi connectivity index (χ4n) is 1.38. The standard InChI is InChI=1S/C14H21NO6/c15-12-1-3-13(4-2-12)21-10-9-19-6-5-18-7-8-20-11-14(16)17/h1-4H,5-11,15H2,(H,16,17). The van der Waals surface area contributed by atoms with Crippen LogP contribution in [0, 0.1) is 0 Å². The Hall–Kier alpha value is -1.83. The molecule has 0 atom stereocenters. The minimum Gasteiger partial charge on any atom is -0.491 e. The lowest BCUT2D eigenvalue weighted by Crippen LogP contribution is -2.14. The maximum atomic E-state index is 10.2. The number of nitrogens with two attached hydrogens (primary N) is 1. The quantitative estimate of drug-likeness (QED) is 0.434. The molecule has 0 saturated heterocycles. The van der Waals surface area contributed by atoms with Gasteiger partial charge in [0.2, 0.25) is 0 Å². The van der Waals surface area contributed by atoms with Crippen LogP contribution in [-0.4, -0.2) is 57.3 Å². The van der Waals surface area contributed by atoms with E-state index >= 15 is 0 Å². The Morgan fingerprint density at radius 2 is 1.43 bits per heavy atom. The van der Waals surface area contributed by atoms with Gasteiger partial charge >= 0.3 is 5.97 Å². The predicted molar refractivity (Wildman–Crippen MR) is 76.4 cm³/mol. The molecule has 0 aliphatic carbocycles. The number of ether oxygens (including phenoxy) is 4. The first-order valence-electron chi connectivity index (χ1n) is 6.62. The van der Waals surface area contributed by atoms with E-state index in [1.165, 1.54) is 0 Å². The van der Waals surface area contributed by atoms with E-state index in [0.29, 0.717) is 38.7 Å². The molecule has 0 amide bonds. The van der Waals surface area contributed by atoms with Gasteiger partial charge in [0.25, 0.3) is 0 Å². The lowest BCUT2D eigenvalue weighted by atomic mass is 10.3. The fourth-order valence-corrected chi connectivity index (χ4v) is 1.38. The van der Waals surface area contributed by atoms with Gasteiger partial charge in [0.05, 0.1) is 33.0 Å². The van der Waals surface area contributed by atoms with E-state index in [1.807, 2.05) is 0 Å². The molecule has 1 rings (SSSR count). The number of rotatable bonds is 12. The third kappa shape index (κ3) is 9.67. The first-order valence-corrected chi connectivity index (χ1v) is 6.62. The third-order valence-electron chi connectivity index (χ3n) is 2.35. The number of carbonyl (C=O) groups is 1. The van der Waals surface area contributed by atoms with Gasteiger partial charge < -0.3 is 29.8 Å². The molecule has 1 aromatic carbocycles. The number of benzene rings is 1. The van der Waals surface area contributed by atoms with Crippen molar-refractivity contribution in [3.05, 3.63) is 24.3 Å². The third-order valence-corrected chi connectivity index (χ3v) is 2.35. The highest BCUT2D eigenvalue weighted by atomic mass is 16.6. The van der Waals surface area contributed by atoms with Crippen molar-refractivity contribution in [1.82, 2.24) is 0 Å². The molecule has 3 N–H and O–H groups in total. The van der Waals surface area contributed by atoms with Crippen LogP contribution >= 0.6 is 0 Å². The second-order valence-electron chi connectivity index (χ2n) is 4.09. The highest BCUT2D eigenvalue weighted by molar-refractivity contribution is 5.67. The SMILES string of the molecule is Nc1ccc(OCCOCCOCCOCC(=O)O)cc1. The summed E-state index contributed by atoms with van der Waals surface area (Å²) >= 11 is 0. The van der Waals surface area contributed by atoms with Crippen LogP contribution in [0.5, 0.6) is 5.75 Å². The Morgan fingerprint density at radius 3 is 2.00 bits per heavy atom. The predicted octanol–water partition coefficient (Wildman–Crippen LogP) is 0.782. The number of nitrogen functional groups attached to an aromatic ring is 1. The molecule has 0 heterocycles. The van der Waals surface area contributed by atoms with Crippen molar-refractivity contribution < 1.29 is 28.8 Å². The lowest BCUT2D eigenvalue weighted by molar-refractivity contribution is -0.142. The summed E-state index contributed by atoms with van der Waals surface area (Å²) < 4.78 is 20.8. The first kappa shape index (κ1) is 17.2. The first-order chi connectivity index (χ1) is 10.2. The van der Waals surface area contributed by atoms with Crippen molar-refractivity contribution in [3.8, 4) is 5.75 Å². The zero-order valence-corrected chi connectivity index (χ0v) is 11.8. The van der Waals surface area contributed by atoms with E-state index in [4.69, 9.17) is 29.8 Å². The molecule has 0 aromatic heterocycles. The molecule has 0 spiro atoms. The van der Waals surface area contributed by atoms with Crippen molar-refractivity contribution in [3.63, 3.8) is 0 Å². The van der Waals surface area contributed by atoms with E-state index in [0.717, 1.165) is 5.75 Å². The average Bonchev–Trinajstić information content (AvgIpc) is 2.46. The molecule has 0 unspecified atom stereocenters. The minimum absolute atomic E-state index is 0.256. The minimum atomic E-state index is -0.987. The molecule has 0 saturated carbocycles. The molecule has 21 heavy (non-hydrogen) atoms. The molecule has 0 radical (unpaired) electrons. The Kier molecular flexibility index (Phi) is 8.94. The number of hydrogen-bond acceptors (Lipinski definition) is 6. The van der Waals surface area contributed by atoms with Crippen LogP contribution in [0.15, 0.2) is 24.3 Å². The van der Waals surface area contributed by atoms with E-state index in [2.05, 4.69) is 0 Å². The van der Waals surface area contributed by atoms with Crippen LogP contribution in [0.3, 0.4) is 0 Å². The lowest BCUT2D eigenvalue weighted by Gasteiger charge is -2.08. The van der Waals surface area contributed by atoms with Gasteiger partial charge in [-0.25, -0.2) is 4.79 Å². The Bertz CT molecular complexity index is 395. The van der Waals surface area contributed by atoms with Gasteiger partial charge in [-0.1, -0.05) is 0 Å². The molecule has 0 aliphatic rings. The van der Waals surface area contributed by atoms with Crippen LogP contribution in [0.2, 0.25) is 0 Å². The molecule has 0 bridgehead atoms. The summed E-state index contributed by atoms with van der Waals surface area (Å²) in [6.07, 6.45) is 0. The van der Waals surface area contributed by atoms with Gasteiger partial charge in [-0.2, -0.15) is 0 Å². The summed E-state index contributed by atoms with van der Waals surface area (Å²) in [5, 5.41) is 8.33.